The summed E-state index contributed by atoms with van der Waals surface area (Å²) in [5, 5.41) is 2.08. The molecule has 8 nitrogen and oxygen atoms in total. The number of furan rings is 1. The molecular formula is C24H19ClN2O6. The SMILES string of the molecule is CCOC(=O)c1ccc(N2C(=O)[C@H]3[C@H](ON(c4ccc(Cl)cc4)[C@@H]3c3ccco3)C2=O)cc1. The normalized spacial score (nSPS) is 22.1. The minimum Gasteiger partial charge on any atom is -0.467 e. The zero-order valence-corrected chi connectivity index (χ0v) is 18.3. The summed E-state index contributed by atoms with van der Waals surface area (Å²) in [4.78, 5) is 45.8. The van der Waals surface area contributed by atoms with Crippen LogP contribution in [0.3, 0.4) is 0 Å². The van der Waals surface area contributed by atoms with Crippen LogP contribution in [-0.2, 0) is 19.2 Å². The highest BCUT2D eigenvalue weighted by Gasteiger charge is 2.61. The van der Waals surface area contributed by atoms with Gasteiger partial charge in [-0.15, -0.1) is 0 Å². The smallest absolute Gasteiger partial charge is 0.338 e. The van der Waals surface area contributed by atoms with Gasteiger partial charge in [0, 0.05) is 5.02 Å². The van der Waals surface area contributed by atoms with E-state index in [4.69, 9.17) is 25.6 Å². The second-order valence-corrected chi connectivity index (χ2v) is 8.03. The van der Waals surface area contributed by atoms with Crippen molar-refractivity contribution >= 4 is 40.8 Å². The van der Waals surface area contributed by atoms with Crippen molar-refractivity contribution in [2.45, 2.75) is 19.1 Å². The van der Waals surface area contributed by atoms with Crippen molar-refractivity contribution < 1.29 is 28.4 Å². The molecule has 0 radical (unpaired) electrons. The van der Waals surface area contributed by atoms with Gasteiger partial charge in [-0.1, -0.05) is 11.6 Å². The summed E-state index contributed by atoms with van der Waals surface area (Å²) >= 11 is 6.01. The molecule has 9 heteroatoms. The van der Waals surface area contributed by atoms with Crippen molar-refractivity contribution in [3.05, 3.63) is 83.3 Å². The highest BCUT2D eigenvalue weighted by molar-refractivity contribution is 6.30. The molecule has 168 valence electrons. The number of hydrogen-bond acceptors (Lipinski definition) is 7. The van der Waals surface area contributed by atoms with Crippen molar-refractivity contribution in [3.8, 4) is 0 Å². The quantitative estimate of drug-likeness (QED) is 0.412. The number of carbonyl (C=O) groups excluding carboxylic acids is 3. The van der Waals surface area contributed by atoms with E-state index in [-0.39, 0.29) is 6.61 Å². The Morgan fingerprint density at radius 2 is 1.70 bits per heavy atom. The Labute approximate surface area is 194 Å². The highest BCUT2D eigenvalue weighted by atomic mass is 35.5. The lowest BCUT2D eigenvalue weighted by molar-refractivity contribution is -0.126. The van der Waals surface area contributed by atoms with E-state index in [0.29, 0.717) is 27.7 Å². The monoisotopic (exact) mass is 466 g/mol. The Kier molecular flexibility index (Phi) is 5.39. The first-order valence-electron chi connectivity index (χ1n) is 10.4. The fraction of sp³-hybridized carbons (Fsp3) is 0.208. The van der Waals surface area contributed by atoms with E-state index in [9.17, 15) is 14.4 Å². The predicted molar refractivity (Wildman–Crippen MR) is 119 cm³/mol. The van der Waals surface area contributed by atoms with E-state index in [1.807, 2.05) is 0 Å². The summed E-state index contributed by atoms with van der Waals surface area (Å²) < 4.78 is 10.6. The number of esters is 1. The minimum absolute atomic E-state index is 0.253. The number of fused-ring (bicyclic) bond motifs is 1. The van der Waals surface area contributed by atoms with Gasteiger partial charge in [0.15, 0.2) is 6.10 Å². The molecule has 2 aliphatic rings. The van der Waals surface area contributed by atoms with Gasteiger partial charge in [0.05, 0.1) is 29.8 Å². The number of hydrogen-bond donors (Lipinski definition) is 0. The number of ether oxygens (including phenoxy) is 1. The standard InChI is InChI=1S/C24H19ClN2O6/c1-2-31-24(30)14-5-9-16(10-6-14)26-22(28)19-20(18-4-3-13-32-18)27(33-21(19)23(26)29)17-11-7-15(25)8-12-17/h3-13,19-21H,2H2,1H3/t19-,20-,21+/m1/s1. The fourth-order valence-electron chi connectivity index (χ4n) is 4.19. The largest absolute Gasteiger partial charge is 0.467 e. The van der Waals surface area contributed by atoms with Crippen LogP contribution in [0.1, 0.15) is 29.1 Å². The predicted octanol–water partition coefficient (Wildman–Crippen LogP) is 4.16. The fourth-order valence-corrected chi connectivity index (χ4v) is 4.32. The van der Waals surface area contributed by atoms with Crippen molar-refractivity contribution in [3.63, 3.8) is 0 Å². The third kappa shape index (κ3) is 3.57. The molecular weight excluding hydrogens is 448 g/mol. The van der Waals surface area contributed by atoms with Crippen LogP contribution in [0.25, 0.3) is 0 Å². The van der Waals surface area contributed by atoms with Crippen LogP contribution in [0.2, 0.25) is 5.02 Å². The maximum absolute atomic E-state index is 13.5. The molecule has 0 bridgehead atoms. The van der Waals surface area contributed by atoms with Gasteiger partial charge >= 0.3 is 5.97 Å². The summed E-state index contributed by atoms with van der Waals surface area (Å²) in [6.07, 6.45) is 0.489. The van der Waals surface area contributed by atoms with Crippen LogP contribution in [0.15, 0.2) is 71.3 Å². The van der Waals surface area contributed by atoms with Crippen LogP contribution in [0.5, 0.6) is 0 Å². The Morgan fingerprint density at radius 3 is 2.33 bits per heavy atom. The van der Waals surface area contributed by atoms with E-state index in [0.717, 1.165) is 4.90 Å². The average molecular weight is 467 g/mol. The zero-order chi connectivity index (χ0) is 23.1. The van der Waals surface area contributed by atoms with Crippen LogP contribution in [0, 0.1) is 5.92 Å². The van der Waals surface area contributed by atoms with E-state index >= 15 is 0 Å². The molecule has 3 atom stereocenters. The average Bonchev–Trinajstić information content (AvgIpc) is 3.52. The number of nitrogens with zero attached hydrogens (tertiary/aromatic N) is 2. The second-order valence-electron chi connectivity index (χ2n) is 7.59. The molecule has 2 amide bonds. The summed E-state index contributed by atoms with van der Waals surface area (Å²) in [6, 6.07) is 15.9. The van der Waals surface area contributed by atoms with E-state index < -0.39 is 35.8 Å². The van der Waals surface area contributed by atoms with Crippen molar-refractivity contribution in [2.75, 3.05) is 16.6 Å². The number of hydroxylamine groups is 1. The van der Waals surface area contributed by atoms with Gasteiger partial charge in [-0.2, -0.15) is 0 Å². The molecule has 3 heterocycles. The van der Waals surface area contributed by atoms with Gasteiger partial charge < -0.3 is 9.15 Å². The molecule has 2 fully saturated rings. The van der Waals surface area contributed by atoms with Gasteiger partial charge in [-0.05, 0) is 67.6 Å². The zero-order valence-electron chi connectivity index (χ0n) is 17.5. The van der Waals surface area contributed by atoms with Gasteiger partial charge in [-0.3, -0.25) is 14.4 Å². The highest BCUT2D eigenvalue weighted by Crippen LogP contribution is 2.47. The van der Waals surface area contributed by atoms with Crippen LogP contribution in [-0.4, -0.2) is 30.5 Å². The molecule has 2 saturated heterocycles. The van der Waals surface area contributed by atoms with Crippen LogP contribution >= 0.6 is 11.6 Å². The molecule has 0 spiro atoms. The lowest BCUT2D eigenvalue weighted by atomic mass is 9.94. The number of anilines is 2. The molecule has 5 rings (SSSR count). The van der Waals surface area contributed by atoms with Crippen LogP contribution in [0.4, 0.5) is 11.4 Å². The number of imide groups is 1. The second kappa shape index (κ2) is 8.38. The molecule has 2 aromatic carbocycles. The van der Waals surface area contributed by atoms with Crippen molar-refractivity contribution in [1.82, 2.24) is 0 Å². The van der Waals surface area contributed by atoms with Gasteiger partial charge in [0.25, 0.3) is 5.91 Å². The summed E-state index contributed by atoms with van der Waals surface area (Å²) in [5.74, 6) is -1.68. The first-order valence-corrected chi connectivity index (χ1v) is 10.8. The summed E-state index contributed by atoms with van der Waals surface area (Å²) in [7, 11) is 0. The van der Waals surface area contributed by atoms with E-state index in [1.54, 1.807) is 55.5 Å². The Morgan fingerprint density at radius 1 is 1.00 bits per heavy atom. The molecule has 1 aromatic heterocycles. The van der Waals surface area contributed by atoms with E-state index in [2.05, 4.69) is 0 Å². The molecule has 2 aliphatic heterocycles. The Hall–Kier alpha value is -3.62. The number of halogens is 1. The van der Waals surface area contributed by atoms with Gasteiger partial charge in [0.1, 0.15) is 17.7 Å². The third-order valence-corrected chi connectivity index (χ3v) is 5.92. The van der Waals surface area contributed by atoms with Gasteiger partial charge in [-0.25, -0.2) is 14.8 Å². The number of benzene rings is 2. The Bertz CT molecular complexity index is 1190. The topological polar surface area (TPSA) is 89.3 Å². The lowest BCUT2D eigenvalue weighted by Crippen LogP contribution is -2.37. The van der Waals surface area contributed by atoms with Crippen LogP contribution < -0.4 is 9.96 Å². The third-order valence-electron chi connectivity index (χ3n) is 5.67. The van der Waals surface area contributed by atoms with Crippen molar-refractivity contribution in [1.29, 1.82) is 0 Å². The molecule has 33 heavy (non-hydrogen) atoms. The molecule has 0 unspecified atom stereocenters. The first-order chi connectivity index (χ1) is 16.0. The minimum atomic E-state index is -1.02. The lowest BCUT2D eigenvalue weighted by Gasteiger charge is -2.27. The van der Waals surface area contributed by atoms with E-state index in [1.165, 1.54) is 23.5 Å². The number of carbonyl (C=O) groups is 3. The van der Waals surface area contributed by atoms with Gasteiger partial charge in [0.2, 0.25) is 5.91 Å². The number of amides is 2. The number of rotatable bonds is 5. The molecule has 0 N–H and O–H groups in total. The Balaban J connectivity index is 1.48. The molecule has 0 aliphatic carbocycles. The molecule has 3 aromatic rings. The summed E-state index contributed by atoms with van der Waals surface area (Å²) in [6.45, 7) is 1.97. The summed E-state index contributed by atoms with van der Waals surface area (Å²) in [5.41, 5.74) is 1.33. The molecule has 0 saturated carbocycles. The van der Waals surface area contributed by atoms with Crippen molar-refractivity contribution in [2.24, 2.45) is 5.92 Å². The first kappa shape index (κ1) is 21.2. The maximum atomic E-state index is 13.5. The maximum Gasteiger partial charge on any atom is 0.338 e.